The molecule has 2 heterocycles. The number of para-hydroxylation sites is 2. The molecule has 69 heavy (non-hydrogen) atoms. The quantitative estimate of drug-likeness (QED) is 0.0931. The summed E-state index contributed by atoms with van der Waals surface area (Å²) in [6.07, 6.45) is 18.6. The van der Waals surface area contributed by atoms with Gasteiger partial charge in [-0.3, -0.25) is 0 Å². The van der Waals surface area contributed by atoms with Crippen LogP contribution in [0, 0.1) is 20.8 Å². The fraction of sp³-hybridized carbons (Fsp3) is 0.169. The van der Waals surface area contributed by atoms with Crippen LogP contribution < -0.4 is 4.90 Å². The lowest BCUT2D eigenvalue weighted by atomic mass is 9.96. The summed E-state index contributed by atoms with van der Waals surface area (Å²) in [6, 6.07) is 53.6. The maximum Gasteiger partial charge on any atom is 0.0509 e. The molecule has 0 spiro atoms. The van der Waals surface area contributed by atoms with Gasteiger partial charge >= 0.3 is 0 Å². The summed E-state index contributed by atoms with van der Waals surface area (Å²) in [6.45, 7) is 17.6. The first-order valence-electron chi connectivity index (χ1n) is 24.2. The van der Waals surface area contributed by atoms with Crippen LogP contribution in [-0.2, 0) is 14.1 Å². The molecule has 0 saturated carbocycles. The van der Waals surface area contributed by atoms with Gasteiger partial charge in [0, 0.05) is 74.1 Å². The van der Waals surface area contributed by atoms with Gasteiger partial charge in [-0.2, -0.15) is 10.0 Å². The number of hydrogen-bond donors (Lipinski definition) is 0. The molecule has 0 radical (unpaired) electrons. The van der Waals surface area contributed by atoms with Crippen molar-refractivity contribution in [2.45, 2.75) is 59.3 Å². The smallest absolute Gasteiger partial charge is 0.0509 e. The van der Waals surface area contributed by atoms with Crippen LogP contribution in [0.3, 0.4) is 0 Å². The molecular weight excluding hydrogens is 855 g/mol. The maximum absolute atomic E-state index is 4.15. The number of aromatic nitrogens is 2. The highest BCUT2D eigenvalue weighted by Crippen LogP contribution is 2.69. The second kappa shape index (κ2) is 18.3. The predicted octanol–water partition coefficient (Wildman–Crippen LogP) is 18.5. The zero-order chi connectivity index (χ0) is 48.1. The number of anilines is 3. The second-order valence-electron chi connectivity index (χ2n) is 19.4. The van der Waals surface area contributed by atoms with Crippen molar-refractivity contribution in [3.63, 3.8) is 0 Å². The van der Waals surface area contributed by atoms with Crippen LogP contribution in [0.2, 0.25) is 0 Å². The van der Waals surface area contributed by atoms with Crippen LogP contribution in [0.4, 0.5) is 17.1 Å². The van der Waals surface area contributed by atoms with Crippen molar-refractivity contribution in [1.82, 2.24) is 9.13 Å². The van der Waals surface area contributed by atoms with E-state index in [1.807, 2.05) is 0 Å². The lowest BCUT2D eigenvalue weighted by Gasteiger charge is -2.43. The van der Waals surface area contributed by atoms with Gasteiger partial charge in [0.2, 0.25) is 0 Å². The Morgan fingerprint density at radius 1 is 0.551 bits per heavy atom. The number of fused-ring (bicyclic) bond motifs is 6. The first kappa shape index (κ1) is 45.5. The zero-order valence-electron chi connectivity index (χ0n) is 41.7. The Kier molecular flexibility index (Phi) is 12.1. The van der Waals surface area contributed by atoms with Crippen molar-refractivity contribution in [3.05, 3.63) is 231 Å². The summed E-state index contributed by atoms with van der Waals surface area (Å²) in [5.74, 6) is 0. The van der Waals surface area contributed by atoms with E-state index in [0.29, 0.717) is 0 Å². The Labute approximate surface area is 410 Å². The highest BCUT2D eigenvalue weighted by Gasteiger charge is 2.32. The van der Waals surface area contributed by atoms with Crippen molar-refractivity contribution in [2.75, 3.05) is 11.2 Å². The number of allylic oxidation sites excluding steroid dienone is 9. The Morgan fingerprint density at radius 3 is 1.58 bits per heavy atom. The predicted molar refractivity (Wildman–Crippen MR) is 305 cm³/mol. The average molecular weight is 918 g/mol. The molecule has 10 rings (SSSR count). The van der Waals surface area contributed by atoms with Crippen molar-refractivity contribution >= 4 is 88.4 Å². The fourth-order valence-corrected chi connectivity index (χ4v) is 14.8. The van der Waals surface area contributed by atoms with E-state index >= 15 is 0 Å². The lowest BCUT2D eigenvalue weighted by molar-refractivity contribution is 1.01. The average Bonchev–Trinajstić information content (AvgIpc) is 3.78. The van der Waals surface area contributed by atoms with Gasteiger partial charge in [0.15, 0.2) is 0 Å². The minimum atomic E-state index is -1.44. The molecule has 9 aromatic rings. The van der Waals surface area contributed by atoms with E-state index in [-0.39, 0.29) is 0 Å². The van der Waals surface area contributed by atoms with Crippen LogP contribution in [-0.4, -0.2) is 15.4 Å². The molecule has 344 valence electrons. The van der Waals surface area contributed by atoms with E-state index in [0.717, 1.165) is 35.5 Å². The first-order chi connectivity index (χ1) is 33.3. The van der Waals surface area contributed by atoms with Gasteiger partial charge < -0.3 is 14.0 Å². The third-order valence-electron chi connectivity index (χ3n) is 14.4. The zero-order valence-corrected chi connectivity index (χ0v) is 42.5. The van der Waals surface area contributed by atoms with Gasteiger partial charge in [0.05, 0.1) is 5.52 Å². The fourth-order valence-electron chi connectivity index (χ4n) is 11.1. The molecule has 1 aliphatic carbocycles. The highest BCUT2D eigenvalue weighted by atomic mass is 32.3. The third kappa shape index (κ3) is 8.42. The number of nitrogens with zero attached hydrogens (tertiary/aromatic N) is 3. The van der Waals surface area contributed by atoms with Crippen molar-refractivity contribution in [2.24, 2.45) is 14.1 Å². The number of rotatable bonds is 11. The van der Waals surface area contributed by atoms with Crippen LogP contribution in [0.5, 0.6) is 0 Å². The Morgan fingerprint density at radius 2 is 1.06 bits per heavy atom. The third-order valence-corrected chi connectivity index (χ3v) is 18.6. The molecule has 1 atom stereocenters. The standard InChI is InChI=1S/C65H63N3S/c1-43(2)35-44(3)38-48(7)69(10,65-46(5)36-45(4)37-47(65)6)56-29-25-51(26-30-56)52-27-33-59-57-31-23-49(39-61(57)66(8)63(59)41-52)21-22-50-24-32-58-60-34-28-55(42-64(60)67(9)62(58)40-50)68(53-17-13-11-14-18-53)54-19-15-12-16-20-54/h11-25,27-29,31-42H,1,26,30H2,2-10H3/b22-21+,44-35-,48-38-. The maximum atomic E-state index is 4.15. The van der Waals surface area contributed by atoms with Gasteiger partial charge in [0.1, 0.15) is 0 Å². The first-order valence-corrected chi connectivity index (χ1v) is 26.2. The molecule has 3 nitrogen and oxygen atoms in total. The summed E-state index contributed by atoms with van der Waals surface area (Å²) < 4.78 is 4.71. The van der Waals surface area contributed by atoms with E-state index in [2.05, 4.69) is 265 Å². The molecule has 2 aromatic heterocycles. The molecule has 0 N–H and O–H groups in total. The molecule has 0 aliphatic heterocycles. The summed E-state index contributed by atoms with van der Waals surface area (Å²) >= 11 is 0. The SMILES string of the molecule is C=C(C)/C=C(C)\C=C(\C)S(C)(C1=CC=C(c2ccc3c4ccc(/C=C/c5ccc6c7ccc(N(c8ccccc8)c8ccccc8)cc7n(C)c6c5)cc4n(C)c3c2)CC1)c1c(C)cc(C)cc1C. The Hall–Kier alpha value is -7.27. The lowest BCUT2D eigenvalue weighted by Crippen LogP contribution is -2.10. The molecule has 1 unspecified atom stereocenters. The Bertz CT molecular complexity index is 3600. The van der Waals surface area contributed by atoms with Crippen LogP contribution in [0.25, 0.3) is 61.3 Å². The highest BCUT2D eigenvalue weighted by molar-refractivity contribution is 8.39. The normalized spacial score (nSPS) is 15.0. The molecule has 1 aliphatic rings. The number of benzene rings is 7. The molecule has 0 fully saturated rings. The van der Waals surface area contributed by atoms with Crippen molar-refractivity contribution < 1.29 is 0 Å². The number of hydrogen-bond acceptors (Lipinski definition) is 1. The van der Waals surface area contributed by atoms with Gasteiger partial charge in [-0.15, -0.1) is 0 Å². The number of aryl methyl sites for hydroxylation is 5. The molecule has 0 amide bonds. The summed E-state index contributed by atoms with van der Waals surface area (Å²) in [5, 5.41) is 5.09. The van der Waals surface area contributed by atoms with Crippen LogP contribution >= 0.6 is 10.0 Å². The van der Waals surface area contributed by atoms with E-state index in [1.165, 1.54) is 97.9 Å². The van der Waals surface area contributed by atoms with Crippen LogP contribution in [0.1, 0.15) is 67.0 Å². The van der Waals surface area contributed by atoms with Crippen molar-refractivity contribution in [3.8, 4) is 0 Å². The largest absolute Gasteiger partial charge is 0.344 e. The second-order valence-corrected chi connectivity index (χ2v) is 22.8. The Balaban J connectivity index is 0.940. The van der Waals surface area contributed by atoms with Crippen LogP contribution in [0.15, 0.2) is 202 Å². The van der Waals surface area contributed by atoms with E-state index in [1.54, 1.807) is 4.91 Å². The topological polar surface area (TPSA) is 13.1 Å². The van der Waals surface area contributed by atoms with Gasteiger partial charge in [0.25, 0.3) is 0 Å². The summed E-state index contributed by atoms with van der Waals surface area (Å²) in [5.41, 5.74) is 19.8. The van der Waals surface area contributed by atoms with Gasteiger partial charge in [-0.25, -0.2) is 0 Å². The monoisotopic (exact) mass is 917 g/mol. The molecular formula is C65H63N3S. The summed E-state index contributed by atoms with van der Waals surface area (Å²) in [7, 11) is 2.96. The van der Waals surface area contributed by atoms with E-state index in [9.17, 15) is 0 Å². The van der Waals surface area contributed by atoms with E-state index in [4.69, 9.17) is 0 Å². The molecule has 4 heteroatoms. The van der Waals surface area contributed by atoms with Gasteiger partial charge in [-0.1, -0.05) is 151 Å². The summed E-state index contributed by atoms with van der Waals surface area (Å²) in [4.78, 5) is 6.83. The van der Waals surface area contributed by atoms with E-state index < -0.39 is 10.0 Å². The minimum Gasteiger partial charge on any atom is -0.344 e. The minimum absolute atomic E-state index is 1.02. The van der Waals surface area contributed by atoms with Gasteiger partial charge in [-0.05, 0) is 158 Å². The molecule has 0 saturated heterocycles. The molecule has 7 aromatic carbocycles. The molecule has 0 bridgehead atoms. The van der Waals surface area contributed by atoms with Crippen molar-refractivity contribution in [1.29, 1.82) is 0 Å².